The van der Waals surface area contributed by atoms with Gasteiger partial charge in [0, 0.05) is 5.69 Å². The number of benzene rings is 3. The molecule has 3 aromatic rings. The molecule has 2 amide bonds. The Kier molecular flexibility index (Phi) is 5.11. The molecule has 1 aliphatic heterocycles. The molecule has 0 saturated heterocycles. The van der Waals surface area contributed by atoms with Gasteiger partial charge in [0.2, 0.25) is 0 Å². The quantitative estimate of drug-likeness (QED) is 0.633. The van der Waals surface area contributed by atoms with Gasteiger partial charge in [-0.3, -0.25) is 9.59 Å². The van der Waals surface area contributed by atoms with Crippen molar-refractivity contribution in [1.29, 1.82) is 0 Å². The van der Waals surface area contributed by atoms with Crippen molar-refractivity contribution in [2.45, 2.75) is 13.8 Å². The lowest BCUT2D eigenvalue weighted by molar-refractivity contribution is -0.120. The predicted molar refractivity (Wildman–Crippen MR) is 118 cm³/mol. The zero-order valence-corrected chi connectivity index (χ0v) is 17.1. The number of methoxy groups -OCH3 is 1. The average molecular weight is 398 g/mol. The molecule has 30 heavy (non-hydrogen) atoms. The van der Waals surface area contributed by atoms with Crippen molar-refractivity contribution in [3.8, 4) is 5.75 Å². The first-order chi connectivity index (χ1) is 14.5. The van der Waals surface area contributed by atoms with Crippen molar-refractivity contribution in [3.63, 3.8) is 0 Å². The number of hydrogen-bond donors (Lipinski definition) is 1. The molecule has 0 fully saturated rings. The minimum Gasteiger partial charge on any atom is -0.497 e. The second-order valence-corrected chi connectivity index (χ2v) is 7.20. The minimum absolute atomic E-state index is 0.261. The molecule has 0 radical (unpaired) electrons. The zero-order valence-electron chi connectivity index (χ0n) is 17.1. The monoisotopic (exact) mass is 398 g/mol. The van der Waals surface area contributed by atoms with Crippen LogP contribution in [0.2, 0.25) is 0 Å². The fourth-order valence-corrected chi connectivity index (χ4v) is 3.49. The van der Waals surface area contributed by atoms with Gasteiger partial charge in [-0.2, -0.15) is 0 Å². The van der Waals surface area contributed by atoms with E-state index in [9.17, 15) is 9.59 Å². The van der Waals surface area contributed by atoms with Gasteiger partial charge in [-0.1, -0.05) is 48.0 Å². The maximum atomic E-state index is 13.5. The van der Waals surface area contributed by atoms with Crippen LogP contribution in [0.3, 0.4) is 0 Å². The number of amides is 2. The van der Waals surface area contributed by atoms with E-state index in [2.05, 4.69) is 5.32 Å². The van der Waals surface area contributed by atoms with E-state index in [0.29, 0.717) is 22.6 Å². The lowest BCUT2D eigenvalue weighted by Crippen LogP contribution is -2.33. The SMILES string of the molecule is COc1ccc(C2=C(Nc3ccc(C)cc3)C(=O)N(c3ccccc3C)C2=O)cc1. The molecule has 0 unspecified atom stereocenters. The van der Waals surface area contributed by atoms with E-state index in [0.717, 1.165) is 16.8 Å². The first-order valence-corrected chi connectivity index (χ1v) is 9.66. The van der Waals surface area contributed by atoms with Crippen molar-refractivity contribution in [2.24, 2.45) is 0 Å². The van der Waals surface area contributed by atoms with Crippen LogP contribution in [0.4, 0.5) is 11.4 Å². The highest BCUT2D eigenvalue weighted by molar-refractivity contribution is 6.46. The van der Waals surface area contributed by atoms with Gasteiger partial charge in [-0.05, 0) is 55.3 Å². The number of rotatable bonds is 5. The number of imide groups is 1. The summed E-state index contributed by atoms with van der Waals surface area (Å²) in [5.74, 6) is -0.0466. The second-order valence-electron chi connectivity index (χ2n) is 7.20. The summed E-state index contributed by atoms with van der Waals surface area (Å²) in [6.07, 6.45) is 0. The van der Waals surface area contributed by atoms with Gasteiger partial charge in [0.1, 0.15) is 11.4 Å². The highest BCUT2D eigenvalue weighted by atomic mass is 16.5. The average Bonchev–Trinajstić information content (AvgIpc) is 3.00. The molecule has 5 heteroatoms. The van der Waals surface area contributed by atoms with E-state index in [1.54, 1.807) is 37.4 Å². The van der Waals surface area contributed by atoms with E-state index >= 15 is 0 Å². The Hall–Kier alpha value is -3.86. The van der Waals surface area contributed by atoms with Crippen LogP contribution in [0.5, 0.6) is 5.75 Å². The fourth-order valence-electron chi connectivity index (χ4n) is 3.49. The molecule has 4 rings (SSSR count). The van der Waals surface area contributed by atoms with Crippen LogP contribution in [-0.2, 0) is 9.59 Å². The molecule has 0 saturated carbocycles. The zero-order chi connectivity index (χ0) is 21.3. The molecule has 5 nitrogen and oxygen atoms in total. The highest BCUT2D eigenvalue weighted by Gasteiger charge is 2.40. The van der Waals surface area contributed by atoms with Gasteiger partial charge < -0.3 is 10.1 Å². The maximum Gasteiger partial charge on any atom is 0.282 e. The number of aryl methyl sites for hydroxylation is 2. The molecular weight excluding hydrogens is 376 g/mol. The first kappa shape index (κ1) is 19.5. The van der Waals surface area contributed by atoms with Crippen LogP contribution >= 0.6 is 0 Å². The number of nitrogens with one attached hydrogen (secondary N) is 1. The van der Waals surface area contributed by atoms with Crippen LogP contribution in [0.25, 0.3) is 5.57 Å². The van der Waals surface area contributed by atoms with E-state index < -0.39 is 0 Å². The van der Waals surface area contributed by atoms with Crippen molar-refractivity contribution >= 4 is 28.8 Å². The van der Waals surface area contributed by atoms with Gasteiger partial charge in [0.15, 0.2) is 0 Å². The summed E-state index contributed by atoms with van der Waals surface area (Å²) in [5.41, 5.74) is 4.54. The summed E-state index contributed by atoms with van der Waals surface area (Å²) >= 11 is 0. The Balaban J connectivity index is 1.82. The molecule has 1 N–H and O–H groups in total. The normalized spacial score (nSPS) is 13.8. The first-order valence-electron chi connectivity index (χ1n) is 9.66. The maximum absolute atomic E-state index is 13.5. The fraction of sp³-hybridized carbons (Fsp3) is 0.120. The number of carbonyl (C=O) groups excluding carboxylic acids is 2. The van der Waals surface area contributed by atoms with E-state index in [1.807, 2.05) is 56.3 Å². The molecule has 0 bridgehead atoms. The summed E-state index contributed by atoms with van der Waals surface area (Å²) in [5, 5.41) is 3.18. The van der Waals surface area contributed by atoms with Gasteiger partial charge in [0.25, 0.3) is 11.8 Å². The number of nitrogens with zero attached hydrogens (tertiary/aromatic N) is 1. The van der Waals surface area contributed by atoms with Gasteiger partial charge >= 0.3 is 0 Å². The molecule has 0 spiro atoms. The highest BCUT2D eigenvalue weighted by Crippen LogP contribution is 2.35. The molecule has 1 aliphatic rings. The number of carbonyl (C=O) groups is 2. The van der Waals surface area contributed by atoms with Gasteiger partial charge in [-0.25, -0.2) is 4.90 Å². The standard InChI is InChI=1S/C25H22N2O3/c1-16-8-12-19(13-9-16)26-23-22(18-10-14-20(30-3)15-11-18)24(28)27(25(23)29)21-7-5-4-6-17(21)2/h4-15,26H,1-3H3. The molecular formula is C25H22N2O3. The number of ether oxygens (including phenoxy) is 1. The summed E-state index contributed by atoms with van der Waals surface area (Å²) in [6.45, 7) is 3.88. The Morgan fingerprint density at radius 1 is 0.800 bits per heavy atom. The van der Waals surface area contributed by atoms with E-state index in [-0.39, 0.29) is 17.5 Å². The Labute approximate surface area is 175 Å². The minimum atomic E-state index is -0.374. The molecule has 3 aromatic carbocycles. The van der Waals surface area contributed by atoms with Crippen molar-refractivity contribution < 1.29 is 14.3 Å². The lowest BCUT2D eigenvalue weighted by atomic mass is 10.0. The van der Waals surface area contributed by atoms with Gasteiger partial charge in [-0.15, -0.1) is 0 Å². The topological polar surface area (TPSA) is 58.6 Å². The third kappa shape index (κ3) is 3.46. The van der Waals surface area contributed by atoms with Crippen molar-refractivity contribution in [2.75, 3.05) is 17.3 Å². The second kappa shape index (κ2) is 7.87. The van der Waals surface area contributed by atoms with Crippen LogP contribution in [0, 0.1) is 13.8 Å². The van der Waals surface area contributed by atoms with Crippen LogP contribution in [-0.4, -0.2) is 18.9 Å². The summed E-state index contributed by atoms with van der Waals surface area (Å²) in [6, 6.07) is 22.2. The third-order valence-electron chi connectivity index (χ3n) is 5.14. The summed E-state index contributed by atoms with van der Waals surface area (Å²) in [4.78, 5) is 28.1. The number of hydrogen-bond acceptors (Lipinski definition) is 4. The predicted octanol–water partition coefficient (Wildman–Crippen LogP) is 4.71. The van der Waals surface area contributed by atoms with Crippen molar-refractivity contribution in [3.05, 3.63) is 95.2 Å². The van der Waals surface area contributed by atoms with Crippen molar-refractivity contribution in [1.82, 2.24) is 0 Å². The lowest BCUT2D eigenvalue weighted by Gasteiger charge is -2.17. The van der Waals surface area contributed by atoms with Crippen LogP contribution in [0.15, 0.2) is 78.5 Å². The van der Waals surface area contributed by atoms with E-state index in [1.165, 1.54) is 4.90 Å². The number of para-hydroxylation sites is 1. The summed E-state index contributed by atoms with van der Waals surface area (Å²) < 4.78 is 5.23. The molecule has 1 heterocycles. The Morgan fingerprint density at radius 3 is 2.10 bits per heavy atom. The van der Waals surface area contributed by atoms with Crippen LogP contribution in [0.1, 0.15) is 16.7 Å². The Bertz CT molecular complexity index is 1150. The molecule has 0 atom stereocenters. The van der Waals surface area contributed by atoms with Crippen LogP contribution < -0.4 is 15.0 Å². The van der Waals surface area contributed by atoms with E-state index in [4.69, 9.17) is 4.74 Å². The smallest absolute Gasteiger partial charge is 0.282 e. The molecule has 0 aromatic heterocycles. The number of anilines is 2. The molecule has 0 aliphatic carbocycles. The van der Waals surface area contributed by atoms with Gasteiger partial charge in [0.05, 0.1) is 18.4 Å². The third-order valence-corrected chi connectivity index (χ3v) is 5.14. The summed E-state index contributed by atoms with van der Waals surface area (Å²) in [7, 11) is 1.59. The molecule has 150 valence electrons. The Morgan fingerprint density at radius 2 is 1.47 bits per heavy atom. The largest absolute Gasteiger partial charge is 0.497 e.